The molecule has 0 spiro atoms. The molecule has 21 heavy (non-hydrogen) atoms. The van der Waals surface area contributed by atoms with E-state index in [4.69, 9.17) is 5.73 Å². The van der Waals surface area contributed by atoms with Crippen molar-refractivity contribution < 1.29 is 4.79 Å². The second-order valence-corrected chi connectivity index (χ2v) is 6.64. The highest BCUT2D eigenvalue weighted by Crippen LogP contribution is 2.27. The number of primary amides is 1. The van der Waals surface area contributed by atoms with Crippen LogP contribution in [0.25, 0.3) is 0 Å². The second-order valence-electron chi connectivity index (χ2n) is 6.64. The van der Waals surface area contributed by atoms with Crippen LogP contribution < -0.4 is 5.73 Å². The van der Waals surface area contributed by atoms with Crippen LogP contribution in [0.3, 0.4) is 0 Å². The fraction of sp³-hybridized carbons (Fsp3) is 0.611. The first-order valence-electron chi connectivity index (χ1n) is 8.35. The van der Waals surface area contributed by atoms with E-state index in [9.17, 15) is 4.79 Å². The third kappa shape index (κ3) is 3.65. The number of amides is 1. The topological polar surface area (TPSA) is 46.3 Å². The first kappa shape index (κ1) is 14.6. The van der Waals surface area contributed by atoms with Gasteiger partial charge < -0.3 is 5.73 Å². The standard InChI is InChI=1S/C18H26N2O/c19-18(21)17-8-7-15-11-14(5-6-16(15)12-17)13-20-9-3-1-2-4-10-20/h5-6,11,17H,1-4,7-10,12-13H2,(H2,19,21)/t17-/m0/s1. The zero-order valence-electron chi connectivity index (χ0n) is 12.8. The molecular formula is C18H26N2O. The Hall–Kier alpha value is -1.35. The van der Waals surface area contributed by atoms with Crippen molar-refractivity contribution in [2.24, 2.45) is 11.7 Å². The second kappa shape index (κ2) is 6.61. The van der Waals surface area contributed by atoms with Gasteiger partial charge >= 0.3 is 0 Å². The molecule has 0 unspecified atom stereocenters. The summed E-state index contributed by atoms with van der Waals surface area (Å²) in [5.41, 5.74) is 9.63. The average molecular weight is 286 g/mol. The summed E-state index contributed by atoms with van der Waals surface area (Å²) in [6, 6.07) is 6.82. The smallest absolute Gasteiger partial charge is 0.220 e. The van der Waals surface area contributed by atoms with Gasteiger partial charge in [0.05, 0.1) is 0 Å². The first-order valence-corrected chi connectivity index (χ1v) is 8.35. The molecule has 1 saturated heterocycles. The van der Waals surface area contributed by atoms with Crippen LogP contribution in [0, 0.1) is 5.92 Å². The fourth-order valence-electron chi connectivity index (χ4n) is 3.70. The third-order valence-corrected chi connectivity index (χ3v) is 5.01. The van der Waals surface area contributed by atoms with E-state index in [2.05, 4.69) is 23.1 Å². The van der Waals surface area contributed by atoms with Crippen LogP contribution in [0.15, 0.2) is 18.2 Å². The largest absolute Gasteiger partial charge is 0.369 e. The number of benzene rings is 1. The summed E-state index contributed by atoms with van der Waals surface area (Å²) in [7, 11) is 0. The predicted octanol–water partition coefficient (Wildman–Crippen LogP) is 2.65. The predicted molar refractivity (Wildman–Crippen MR) is 84.9 cm³/mol. The summed E-state index contributed by atoms with van der Waals surface area (Å²) in [5, 5.41) is 0. The maximum Gasteiger partial charge on any atom is 0.220 e. The maximum absolute atomic E-state index is 11.3. The number of rotatable bonds is 3. The Labute approximate surface area is 127 Å². The highest BCUT2D eigenvalue weighted by molar-refractivity contribution is 5.77. The van der Waals surface area contributed by atoms with Gasteiger partial charge in [0.25, 0.3) is 0 Å². The minimum Gasteiger partial charge on any atom is -0.369 e. The number of carbonyl (C=O) groups is 1. The van der Waals surface area contributed by atoms with E-state index in [1.807, 2.05) is 0 Å². The molecule has 114 valence electrons. The number of hydrogen-bond donors (Lipinski definition) is 1. The molecule has 0 radical (unpaired) electrons. The molecule has 0 bridgehead atoms. The molecule has 1 aliphatic carbocycles. The van der Waals surface area contributed by atoms with Crippen molar-refractivity contribution in [2.75, 3.05) is 13.1 Å². The molecule has 2 aliphatic rings. The lowest BCUT2D eigenvalue weighted by Gasteiger charge is -2.24. The molecule has 1 atom stereocenters. The molecule has 1 aromatic carbocycles. The zero-order chi connectivity index (χ0) is 14.7. The van der Waals surface area contributed by atoms with Gasteiger partial charge in [-0.3, -0.25) is 9.69 Å². The third-order valence-electron chi connectivity index (χ3n) is 5.01. The van der Waals surface area contributed by atoms with Crippen molar-refractivity contribution in [3.63, 3.8) is 0 Å². The Morgan fingerprint density at radius 3 is 2.62 bits per heavy atom. The summed E-state index contributed by atoms with van der Waals surface area (Å²) in [5.74, 6) is -0.108. The zero-order valence-corrected chi connectivity index (χ0v) is 12.8. The van der Waals surface area contributed by atoms with Crippen molar-refractivity contribution >= 4 is 5.91 Å². The van der Waals surface area contributed by atoms with Crippen molar-refractivity contribution in [3.05, 3.63) is 34.9 Å². The number of carbonyl (C=O) groups excluding carboxylic acids is 1. The van der Waals surface area contributed by atoms with Gasteiger partial charge in [-0.15, -0.1) is 0 Å². The summed E-state index contributed by atoms with van der Waals surface area (Å²) in [6.07, 6.45) is 8.18. The molecule has 1 aromatic rings. The van der Waals surface area contributed by atoms with E-state index in [-0.39, 0.29) is 11.8 Å². The van der Waals surface area contributed by atoms with E-state index >= 15 is 0 Å². The number of hydrogen-bond acceptors (Lipinski definition) is 2. The Morgan fingerprint density at radius 1 is 1.14 bits per heavy atom. The van der Waals surface area contributed by atoms with Crippen LogP contribution in [-0.2, 0) is 24.2 Å². The average Bonchev–Trinajstić information content (AvgIpc) is 2.75. The quantitative estimate of drug-likeness (QED) is 0.928. The summed E-state index contributed by atoms with van der Waals surface area (Å²) >= 11 is 0. The monoisotopic (exact) mass is 286 g/mol. The highest BCUT2D eigenvalue weighted by atomic mass is 16.1. The molecule has 0 aromatic heterocycles. The lowest BCUT2D eigenvalue weighted by atomic mass is 9.83. The van der Waals surface area contributed by atoms with Gasteiger partial charge in [0.2, 0.25) is 5.91 Å². The molecule has 3 nitrogen and oxygen atoms in total. The minimum absolute atomic E-state index is 0.0361. The fourth-order valence-corrected chi connectivity index (χ4v) is 3.70. The minimum atomic E-state index is -0.144. The van der Waals surface area contributed by atoms with Gasteiger partial charge in [0.1, 0.15) is 0 Å². The summed E-state index contributed by atoms with van der Waals surface area (Å²) in [6.45, 7) is 3.55. The van der Waals surface area contributed by atoms with Crippen LogP contribution in [0.2, 0.25) is 0 Å². The maximum atomic E-state index is 11.3. The molecule has 1 aliphatic heterocycles. The molecular weight excluding hydrogens is 260 g/mol. The lowest BCUT2D eigenvalue weighted by Crippen LogP contribution is -2.29. The SMILES string of the molecule is NC(=O)[C@H]1CCc2cc(CN3CCCCCC3)ccc2C1. The van der Waals surface area contributed by atoms with Crippen LogP contribution in [-0.4, -0.2) is 23.9 Å². The van der Waals surface area contributed by atoms with Gasteiger partial charge in [-0.05, 0) is 61.9 Å². The lowest BCUT2D eigenvalue weighted by molar-refractivity contribution is -0.122. The Morgan fingerprint density at radius 2 is 1.90 bits per heavy atom. The number of nitrogens with two attached hydrogens (primary N) is 1. The number of nitrogens with zero attached hydrogens (tertiary/aromatic N) is 1. The van der Waals surface area contributed by atoms with E-state index < -0.39 is 0 Å². The molecule has 3 rings (SSSR count). The van der Waals surface area contributed by atoms with E-state index in [1.54, 1.807) is 0 Å². The van der Waals surface area contributed by atoms with Gasteiger partial charge in [-0.2, -0.15) is 0 Å². The van der Waals surface area contributed by atoms with Crippen molar-refractivity contribution in [1.82, 2.24) is 4.90 Å². The van der Waals surface area contributed by atoms with Crippen LogP contribution >= 0.6 is 0 Å². The first-order chi connectivity index (χ1) is 10.2. The van der Waals surface area contributed by atoms with Crippen molar-refractivity contribution in [1.29, 1.82) is 0 Å². The Kier molecular flexibility index (Phi) is 4.59. The van der Waals surface area contributed by atoms with Crippen LogP contribution in [0.5, 0.6) is 0 Å². The highest BCUT2D eigenvalue weighted by Gasteiger charge is 2.23. The van der Waals surface area contributed by atoms with Crippen LogP contribution in [0.4, 0.5) is 0 Å². The molecule has 0 saturated carbocycles. The Balaban J connectivity index is 1.67. The molecule has 3 heteroatoms. The summed E-state index contributed by atoms with van der Waals surface area (Å²) < 4.78 is 0. The van der Waals surface area contributed by atoms with Gasteiger partial charge in [0, 0.05) is 12.5 Å². The Bertz CT molecular complexity index is 504. The van der Waals surface area contributed by atoms with Gasteiger partial charge in [-0.1, -0.05) is 31.0 Å². The van der Waals surface area contributed by atoms with E-state index in [1.165, 1.54) is 55.5 Å². The van der Waals surface area contributed by atoms with Crippen LogP contribution in [0.1, 0.15) is 48.8 Å². The van der Waals surface area contributed by atoms with E-state index in [0.29, 0.717) is 0 Å². The van der Waals surface area contributed by atoms with E-state index in [0.717, 1.165) is 25.8 Å². The molecule has 1 fully saturated rings. The normalized spacial score (nSPS) is 23.3. The number of fused-ring (bicyclic) bond motifs is 1. The summed E-state index contributed by atoms with van der Waals surface area (Å²) in [4.78, 5) is 13.9. The number of aryl methyl sites for hydroxylation is 1. The number of likely N-dealkylation sites (tertiary alicyclic amines) is 1. The van der Waals surface area contributed by atoms with Gasteiger partial charge in [-0.25, -0.2) is 0 Å². The van der Waals surface area contributed by atoms with Crippen molar-refractivity contribution in [3.8, 4) is 0 Å². The molecule has 1 heterocycles. The van der Waals surface area contributed by atoms with Gasteiger partial charge in [0.15, 0.2) is 0 Å². The molecule has 2 N–H and O–H groups in total. The molecule has 1 amide bonds. The van der Waals surface area contributed by atoms with Crippen molar-refractivity contribution in [2.45, 2.75) is 51.5 Å².